The lowest BCUT2D eigenvalue weighted by molar-refractivity contribution is 0.0985. The summed E-state index contributed by atoms with van der Waals surface area (Å²) in [6.07, 6.45) is 0.313. The van der Waals surface area contributed by atoms with E-state index in [1.165, 1.54) is 30.6 Å². The quantitative estimate of drug-likeness (QED) is 0.641. The Bertz CT molecular complexity index is 1110. The standard InChI is InChI=1S/C20H17ClFN3O3S/c1-27-14-4-2-10(19(24)26)17(18(14)22)16-11-6-20(8-23,15-7-29-9-25-15)28-13(11)5-3-12(16)21/h2-5,7,9H,6,8,23H2,1H3,(H2,24,26). The highest BCUT2D eigenvalue weighted by Gasteiger charge is 2.43. The van der Waals surface area contributed by atoms with E-state index in [0.29, 0.717) is 29.0 Å². The van der Waals surface area contributed by atoms with Gasteiger partial charge in [-0.2, -0.15) is 0 Å². The van der Waals surface area contributed by atoms with Crippen LogP contribution in [0.1, 0.15) is 21.6 Å². The molecule has 1 unspecified atom stereocenters. The number of benzene rings is 2. The number of methoxy groups -OCH3 is 1. The monoisotopic (exact) mass is 433 g/mol. The number of hydrogen-bond donors (Lipinski definition) is 2. The average Bonchev–Trinajstić information content (AvgIpc) is 3.36. The van der Waals surface area contributed by atoms with Gasteiger partial charge in [0.1, 0.15) is 5.75 Å². The van der Waals surface area contributed by atoms with Crippen molar-refractivity contribution in [3.05, 3.63) is 62.8 Å². The number of nitrogens with two attached hydrogens (primary N) is 2. The van der Waals surface area contributed by atoms with E-state index in [4.69, 9.17) is 32.5 Å². The van der Waals surface area contributed by atoms with Crippen LogP contribution in [0.5, 0.6) is 11.5 Å². The first kappa shape index (κ1) is 19.6. The molecule has 1 amide bonds. The molecule has 3 aromatic rings. The summed E-state index contributed by atoms with van der Waals surface area (Å²) in [5.74, 6) is -1.03. The molecule has 4 rings (SSSR count). The van der Waals surface area contributed by atoms with Crippen molar-refractivity contribution >= 4 is 28.8 Å². The highest BCUT2D eigenvalue weighted by Crippen LogP contribution is 2.49. The van der Waals surface area contributed by atoms with E-state index in [1.54, 1.807) is 17.6 Å². The molecule has 1 aromatic heterocycles. The Hall–Kier alpha value is -2.68. The number of halogens is 2. The number of carbonyl (C=O) groups is 1. The van der Waals surface area contributed by atoms with Crippen molar-refractivity contribution in [1.29, 1.82) is 0 Å². The number of fused-ring (bicyclic) bond motifs is 1. The third-order valence-corrected chi connectivity index (χ3v) is 5.96. The first-order valence-electron chi connectivity index (χ1n) is 8.67. The largest absolute Gasteiger partial charge is 0.494 e. The molecular formula is C20H17ClFN3O3S. The molecule has 29 heavy (non-hydrogen) atoms. The summed E-state index contributed by atoms with van der Waals surface area (Å²) in [4.78, 5) is 16.4. The molecule has 1 atom stereocenters. The van der Waals surface area contributed by atoms with E-state index in [2.05, 4.69) is 4.98 Å². The van der Waals surface area contributed by atoms with Gasteiger partial charge in [0.15, 0.2) is 17.2 Å². The van der Waals surface area contributed by atoms with Crippen molar-refractivity contribution in [3.63, 3.8) is 0 Å². The van der Waals surface area contributed by atoms with Crippen molar-refractivity contribution in [1.82, 2.24) is 4.98 Å². The van der Waals surface area contributed by atoms with Crippen molar-refractivity contribution in [3.8, 4) is 22.6 Å². The Labute approximate surface area is 175 Å². The molecule has 0 spiro atoms. The fourth-order valence-corrected chi connectivity index (χ4v) is 4.55. The van der Waals surface area contributed by atoms with Crippen molar-refractivity contribution < 1.29 is 18.7 Å². The summed E-state index contributed by atoms with van der Waals surface area (Å²) in [6, 6.07) is 6.06. The normalized spacial score (nSPS) is 17.7. The zero-order valence-corrected chi connectivity index (χ0v) is 16.9. The zero-order valence-electron chi connectivity index (χ0n) is 15.4. The topological polar surface area (TPSA) is 100 Å². The smallest absolute Gasteiger partial charge is 0.249 e. The van der Waals surface area contributed by atoms with Gasteiger partial charge in [-0.05, 0) is 24.3 Å². The molecule has 9 heteroatoms. The lowest BCUT2D eigenvalue weighted by Crippen LogP contribution is -2.39. The zero-order chi connectivity index (χ0) is 20.8. The van der Waals surface area contributed by atoms with Crippen LogP contribution in [0, 0.1) is 5.82 Å². The van der Waals surface area contributed by atoms with Crippen LogP contribution in [-0.2, 0) is 12.0 Å². The molecule has 0 saturated heterocycles. The van der Waals surface area contributed by atoms with Gasteiger partial charge in [-0.15, -0.1) is 11.3 Å². The van der Waals surface area contributed by atoms with Crippen LogP contribution < -0.4 is 20.9 Å². The number of ether oxygens (including phenoxy) is 2. The number of amides is 1. The Morgan fingerprint density at radius 2 is 2.17 bits per heavy atom. The van der Waals surface area contributed by atoms with E-state index in [9.17, 15) is 4.79 Å². The van der Waals surface area contributed by atoms with Crippen LogP contribution in [0.15, 0.2) is 35.2 Å². The number of carbonyl (C=O) groups excluding carboxylic acids is 1. The van der Waals surface area contributed by atoms with Gasteiger partial charge < -0.3 is 20.9 Å². The van der Waals surface area contributed by atoms with Gasteiger partial charge in [0.05, 0.1) is 23.9 Å². The van der Waals surface area contributed by atoms with Crippen molar-refractivity contribution in [2.75, 3.05) is 13.7 Å². The van der Waals surface area contributed by atoms with E-state index >= 15 is 4.39 Å². The van der Waals surface area contributed by atoms with E-state index in [-0.39, 0.29) is 28.4 Å². The van der Waals surface area contributed by atoms with Gasteiger partial charge in [-0.1, -0.05) is 11.6 Å². The van der Waals surface area contributed by atoms with Crippen LogP contribution in [0.4, 0.5) is 4.39 Å². The maximum Gasteiger partial charge on any atom is 0.249 e. The third-order valence-electron chi connectivity index (χ3n) is 5.06. The molecule has 1 aliphatic rings. The Kier molecular flexibility index (Phi) is 4.94. The predicted molar refractivity (Wildman–Crippen MR) is 109 cm³/mol. The summed E-state index contributed by atoms with van der Waals surface area (Å²) in [6.45, 7) is 0.158. The SMILES string of the molecule is COc1ccc(C(N)=O)c(-c2c(Cl)ccc3c2CC(CN)(c2cscn2)O3)c1F. The number of thiazole rings is 1. The molecule has 150 valence electrons. The predicted octanol–water partition coefficient (Wildman–Crippen LogP) is 3.50. The van der Waals surface area contributed by atoms with Gasteiger partial charge in [-0.3, -0.25) is 4.79 Å². The van der Waals surface area contributed by atoms with Gasteiger partial charge >= 0.3 is 0 Å². The maximum atomic E-state index is 15.3. The van der Waals surface area contributed by atoms with Crippen LogP contribution in [0.2, 0.25) is 5.02 Å². The van der Waals surface area contributed by atoms with Gasteiger partial charge in [-0.25, -0.2) is 9.37 Å². The number of nitrogens with zero attached hydrogens (tertiary/aromatic N) is 1. The second kappa shape index (κ2) is 7.29. The summed E-state index contributed by atoms with van der Waals surface area (Å²) in [5, 5.41) is 2.12. The Morgan fingerprint density at radius 1 is 1.38 bits per heavy atom. The summed E-state index contributed by atoms with van der Waals surface area (Å²) < 4.78 is 26.6. The minimum absolute atomic E-state index is 0.00231. The molecule has 0 saturated carbocycles. The lowest BCUT2D eigenvalue weighted by Gasteiger charge is -2.25. The van der Waals surface area contributed by atoms with Gasteiger partial charge in [0.25, 0.3) is 0 Å². The Morgan fingerprint density at radius 3 is 2.79 bits per heavy atom. The number of hydrogen-bond acceptors (Lipinski definition) is 6. The third kappa shape index (κ3) is 3.04. The van der Waals surface area contributed by atoms with Crippen LogP contribution in [0.3, 0.4) is 0 Å². The highest BCUT2D eigenvalue weighted by atomic mass is 35.5. The summed E-state index contributed by atoms with van der Waals surface area (Å²) >= 11 is 7.91. The molecule has 0 fully saturated rings. The molecule has 0 bridgehead atoms. The molecule has 2 aromatic carbocycles. The van der Waals surface area contributed by atoms with Crippen LogP contribution in [-0.4, -0.2) is 24.5 Å². The molecule has 0 radical (unpaired) electrons. The average molecular weight is 434 g/mol. The van der Waals surface area contributed by atoms with Crippen molar-refractivity contribution in [2.24, 2.45) is 11.5 Å². The number of primary amides is 1. The minimum atomic E-state index is -0.899. The summed E-state index contributed by atoms with van der Waals surface area (Å²) in [7, 11) is 1.34. The van der Waals surface area contributed by atoms with Gasteiger partial charge in [0.2, 0.25) is 5.91 Å². The van der Waals surface area contributed by atoms with Crippen LogP contribution >= 0.6 is 22.9 Å². The van der Waals surface area contributed by atoms with Gasteiger partial charge in [0, 0.05) is 40.1 Å². The molecular weight excluding hydrogens is 417 g/mol. The minimum Gasteiger partial charge on any atom is -0.494 e. The lowest BCUT2D eigenvalue weighted by atomic mass is 9.88. The second-order valence-electron chi connectivity index (χ2n) is 6.62. The van der Waals surface area contributed by atoms with Crippen LogP contribution in [0.25, 0.3) is 11.1 Å². The van der Waals surface area contributed by atoms with E-state index < -0.39 is 17.3 Å². The molecule has 4 N–H and O–H groups in total. The Balaban J connectivity index is 1.97. The van der Waals surface area contributed by atoms with E-state index in [0.717, 1.165) is 0 Å². The molecule has 6 nitrogen and oxygen atoms in total. The molecule has 2 heterocycles. The second-order valence-corrected chi connectivity index (χ2v) is 7.74. The highest BCUT2D eigenvalue weighted by molar-refractivity contribution is 7.07. The summed E-state index contributed by atoms with van der Waals surface area (Å²) in [5.41, 5.74) is 14.0. The molecule has 1 aliphatic heterocycles. The first-order chi connectivity index (χ1) is 13.9. The van der Waals surface area contributed by atoms with Crippen molar-refractivity contribution in [2.45, 2.75) is 12.0 Å². The number of aromatic nitrogens is 1. The fraction of sp³-hybridized carbons (Fsp3) is 0.200. The number of rotatable bonds is 5. The first-order valence-corrected chi connectivity index (χ1v) is 9.99. The molecule has 0 aliphatic carbocycles. The maximum absolute atomic E-state index is 15.3. The fourth-order valence-electron chi connectivity index (χ4n) is 3.64. The van der Waals surface area contributed by atoms with E-state index in [1.807, 2.05) is 5.38 Å².